The number of nitrogens with zero attached hydrogens (tertiary/aromatic N) is 1. The maximum absolute atomic E-state index is 6.01. The van der Waals surface area contributed by atoms with Crippen LogP contribution >= 0.6 is 31.9 Å². The van der Waals surface area contributed by atoms with Gasteiger partial charge in [-0.2, -0.15) is 0 Å². The molecular formula is C15H16Br2N2O. The van der Waals surface area contributed by atoms with E-state index in [4.69, 9.17) is 10.5 Å². The van der Waals surface area contributed by atoms with Gasteiger partial charge in [0.25, 0.3) is 0 Å². The average Bonchev–Trinajstić information content (AvgIpc) is 2.38. The van der Waals surface area contributed by atoms with E-state index in [-0.39, 0.29) is 0 Å². The third-order valence-electron chi connectivity index (χ3n) is 2.89. The van der Waals surface area contributed by atoms with E-state index in [0.29, 0.717) is 6.61 Å². The number of hydrogen-bond acceptors (Lipinski definition) is 3. The van der Waals surface area contributed by atoms with E-state index in [1.165, 1.54) is 0 Å². The minimum absolute atomic E-state index is 0.600. The number of anilines is 2. The van der Waals surface area contributed by atoms with Crippen LogP contribution in [-0.2, 0) is 0 Å². The molecule has 20 heavy (non-hydrogen) atoms. The Morgan fingerprint density at radius 3 is 2.55 bits per heavy atom. The average molecular weight is 400 g/mol. The van der Waals surface area contributed by atoms with Crippen LogP contribution in [0.15, 0.2) is 51.4 Å². The number of halogens is 2. The number of rotatable bonds is 5. The molecule has 0 aliphatic heterocycles. The Bertz CT molecular complexity index is 590. The lowest BCUT2D eigenvalue weighted by molar-refractivity contribution is 0.326. The molecular weight excluding hydrogens is 384 g/mol. The van der Waals surface area contributed by atoms with Crippen LogP contribution in [0.3, 0.4) is 0 Å². The van der Waals surface area contributed by atoms with Gasteiger partial charge in [-0.25, -0.2) is 0 Å². The molecule has 0 bridgehead atoms. The summed E-state index contributed by atoms with van der Waals surface area (Å²) in [5.74, 6) is 0.858. The molecule has 2 rings (SSSR count). The molecule has 0 heterocycles. The van der Waals surface area contributed by atoms with Gasteiger partial charge < -0.3 is 15.4 Å². The summed E-state index contributed by atoms with van der Waals surface area (Å²) in [5.41, 5.74) is 7.77. The zero-order valence-corrected chi connectivity index (χ0v) is 14.3. The molecule has 0 atom stereocenters. The second-order valence-corrected chi connectivity index (χ2v) is 6.26. The van der Waals surface area contributed by atoms with E-state index < -0.39 is 0 Å². The summed E-state index contributed by atoms with van der Waals surface area (Å²) >= 11 is 6.83. The monoisotopic (exact) mass is 398 g/mol. The molecule has 2 aromatic carbocycles. The second-order valence-electron chi connectivity index (χ2n) is 4.43. The summed E-state index contributed by atoms with van der Waals surface area (Å²) in [6.45, 7) is 1.36. The largest absolute Gasteiger partial charge is 0.492 e. The van der Waals surface area contributed by atoms with Crippen molar-refractivity contribution in [2.24, 2.45) is 0 Å². The highest BCUT2D eigenvalue weighted by Gasteiger charge is 2.06. The Morgan fingerprint density at radius 2 is 1.85 bits per heavy atom. The fraction of sp³-hybridized carbons (Fsp3) is 0.200. The molecule has 106 valence electrons. The van der Waals surface area contributed by atoms with Crippen LogP contribution in [0.5, 0.6) is 5.75 Å². The molecule has 0 saturated carbocycles. The first-order valence-electron chi connectivity index (χ1n) is 6.21. The molecule has 5 heteroatoms. The van der Waals surface area contributed by atoms with Crippen molar-refractivity contribution < 1.29 is 4.74 Å². The predicted octanol–water partition coefficient (Wildman–Crippen LogP) is 4.31. The first kappa shape index (κ1) is 15.2. The zero-order chi connectivity index (χ0) is 14.5. The van der Waals surface area contributed by atoms with E-state index in [0.717, 1.165) is 32.6 Å². The minimum Gasteiger partial charge on any atom is -0.492 e. The molecule has 0 radical (unpaired) electrons. The van der Waals surface area contributed by atoms with E-state index in [9.17, 15) is 0 Å². The van der Waals surface area contributed by atoms with Crippen molar-refractivity contribution in [2.75, 3.05) is 30.8 Å². The minimum atomic E-state index is 0.600. The molecule has 0 aliphatic rings. The maximum Gasteiger partial charge on any atom is 0.120 e. The van der Waals surface area contributed by atoms with Gasteiger partial charge in [0.1, 0.15) is 12.4 Å². The van der Waals surface area contributed by atoms with Gasteiger partial charge in [0.15, 0.2) is 0 Å². The third-order valence-corrected chi connectivity index (χ3v) is 3.88. The van der Waals surface area contributed by atoms with Gasteiger partial charge in [0, 0.05) is 16.0 Å². The molecule has 3 nitrogen and oxygen atoms in total. The van der Waals surface area contributed by atoms with E-state index in [2.05, 4.69) is 36.8 Å². The van der Waals surface area contributed by atoms with Crippen LogP contribution in [0.2, 0.25) is 0 Å². The van der Waals surface area contributed by atoms with Gasteiger partial charge in [-0.3, -0.25) is 0 Å². The smallest absolute Gasteiger partial charge is 0.120 e. The zero-order valence-electron chi connectivity index (χ0n) is 11.1. The topological polar surface area (TPSA) is 38.5 Å². The Hall–Kier alpha value is -1.20. The van der Waals surface area contributed by atoms with Gasteiger partial charge in [0.05, 0.1) is 17.9 Å². The van der Waals surface area contributed by atoms with Crippen molar-refractivity contribution in [3.05, 3.63) is 51.4 Å². The Morgan fingerprint density at radius 1 is 1.10 bits per heavy atom. The highest BCUT2D eigenvalue weighted by molar-refractivity contribution is 9.10. The summed E-state index contributed by atoms with van der Waals surface area (Å²) < 4.78 is 7.72. The normalized spacial score (nSPS) is 10.3. The lowest BCUT2D eigenvalue weighted by atomic mass is 10.2. The second kappa shape index (κ2) is 6.99. The van der Waals surface area contributed by atoms with Gasteiger partial charge in [-0.05, 0) is 36.4 Å². The molecule has 0 unspecified atom stereocenters. The van der Waals surface area contributed by atoms with Crippen LogP contribution in [0.4, 0.5) is 11.4 Å². The highest BCUT2D eigenvalue weighted by Crippen LogP contribution is 2.25. The van der Waals surface area contributed by atoms with Gasteiger partial charge in [0.2, 0.25) is 0 Å². The molecule has 0 fully saturated rings. The maximum atomic E-state index is 6.01. The predicted molar refractivity (Wildman–Crippen MR) is 91.5 cm³/mol. The summed E-state index contributed by atoms with van der Waals surface area (Å²) in [7, 11) is 2.00. The summed E-state index contributed by atoms with van der Waals surface area (Å²) in [4.78, 5) is 2.08. The van der Waals surface area contributed by atoms with Crippen molar-refractivity contribution in [1.29, 1.82) is 0 Å². The number of hydrogen-bond donors (Lipinski definition) is 1. The fourth-order valence-electron chi connectivity index (χ4n) is 1.85. The van der Waals surface area contributed by atoms with Crippen molar-refractivity contribution in [1.82, 2.24) is 0 Å². The molecule has 0 spiro atoms. The molecule has 0 amide bonds. The van der Waals surface area contributed by atoms with Gasteiger partial charge in [-0.1, -0.05) is 37.9 Å². The van der Waals surface area contributed by atoms with Crippen molar-refractivity contribution in [2.45, 2.75) is 0 Å². The lowest BCUT2D eigenvalue weighted by Crippen LogP contribution is -2.24. The summed E-state index contributed by atoms with van der Waals surface area (Å²) in [6.07, 6.45) is 0. The molecule has 2 N–H and O–H groups in total. The first-order chi connectivity index (χ1) is 9.56. The van der Waals surface area contributed by atoms with Crippen LogP contribution < -0.4 is 15.4 Å². The molecule has 0 aliphatic carbocycles. The quantitative estimate of drug-likeness (QED) is 0.761. The Balaban J connectivity index is 1.90. The summed E-state index contributed by atoms with van der Waals surface area (Å²) in [5, 5.41) is 0. The van der Waals surface area contributed by atoms with Crippen molar-refractivity contribution in [3.63, 3.8) is 0 Å². The third kappa shape index (κ3) is 4.15. The first-order valence-corrected chi connectivity index (χ1v) is 7.79. The van der Waals surface area contributed by atoms with Gasteiger partial charge in [-0.15, -0.1) is 0 Å². The van der Waals surface area contributed by atoms with Crippen LogP contribution in [0.25, 0.3) is 0 Å². The number of nitrogens with two attached hydrogens (primary N) is 1. The Labute approximate surface area is 136 Å². The number of nitrogen functional groups attached to an aromatic ring is 1. The van der Waals surface area contributed by atoms with E-state index in [1.807, 2.05) is 49.5 Å². The van der Waals surface area contributed by atoms with Gasteiger partial charge >= 0.3 is 0 Å². The SMILES string of the molecule is CN(CCOc1cccc(Br)c1)c1ccc(Br)cc1N. The number of likely N-dealkylation sites (N-methyl/N-ethyl adjacent to an activating group) is 1. The molecule has 0 aromatic heterocycles. The Kier molecular flexibility index (Phi) is 5.31. The lowest BCUT2D eigenvalue weighted by Gasteiger charge is -2.21. The molecule has 0 saturated heterocycles. The van der Waals surface area contributed by atoms with E-state index in [1.54, 1.807) is 0 Å². The standard InChI is InChI=1S/C15H16Br2N2O/c1-19(15-6-5-12(17)10-14(15)18)7-8-20-13-4-2-3-11(16)9-13/h2-6,9-10H,7-8,18H2,1H3. The fourth-order valence-corrected chi connectivity index (χ4v) is 2.61. The van der Waals surface area contributed by atoms with Crippen LogP contribution in [-0.4, -0.2) is 20.2 Å². The van der Waals surface area contributed by atoms with Crippen LogP contribution in [0, 0.1) is 0 Å². The van der Waals surface area contributed by atoms with Crippen LogP contribution in [0.1, 0.15) is 0 Å². The van der Waals surface area contributed by atoms with Crippen molar-refractivity contribution >= 4 is 43.2 Å². The number of benzene rings is 2. The molecule has 2 aromatic rings. The van der Waals surface area contributed by atoms with Crippen molar-refractivity contribution in [3.8, 4) is 5.75 Å². The number of ether oxygens (including phenoxy) is 1. The summed E-state index contributed by atoms with van der Waals surface area (Å²) in [6, 6.07) is 13.7. The van der Waals surface area contributed by atoms with E-state index >= 15 is 0 Å². The highest BCUT2D eigenvalue weighted by atomic mass is 79.9.